The topological polar surface area (TPSA) is 51.0 Å². The number of ether oxygens (including phenoxy) is 1. The van der Waals surface area contributed by atoms with E-state index in [-0.39, 0.29) is 0 Å². The molecule has 0 radical (unpaired) electrons. The fourth-order valence-corrected chi connectivity index (χ4v) is 4.02. The molecule has 1 aromatic carbocycles. The van der Waals surface area contributed by atoms with Crippen LogP contribution in [0.5, 0.6) is 5.75 Å². The summed E-state index contributed by atoms with van der Waals surface area (Å²) in [6.07, 6.45) is 1.32. The molecule has 3 N–H and O–H groups in total. The van der Waals surface area contributed by atoms with E-state index < -0.39 is 0 Å². The van der Waals surface area contributed by atoms with Crippen LogP contribution in [0.2, 0.25) is 0 Å². The number of rotatable bonds is 0. The Morgan fingerprint density at radius 2 is 2.28 bits per heavy atom. The van der Waals surface area contributed by atoms with E-state index >= 15 is 0 Å². The van der Waals surface area contributed by atoms with Crippen LogP contribution in [0.4, 0.5) is 5.82 Å². The number of nitrogens with two attached hydrogens (primary N) is 1. The Hall–Kier alpha value is -1.55. The summed E-state index contributed by atoms with van der Waals surface area (Å²) in [4.78, 5) is 4.53. The van der Waals surface area contributed by atoms with Crippen LogP contribution >= 0.6 is 11.8 Å². The van der Waals surface area contributed by atoms with Crippen molar-refractivity contribution >= 4 is 17.6 Å². The number of hydrogen-bond donors (Lipinski definition) is 2. The van der Waals surface area contributed by atoms with E-state index in [0.29, 0.717) is 6.10 Å². The number of fused-ring (bicyclic) bond motifs is 5. The van der Waals surface area contributed by atoms with Crippen molar-refractivity contribution in [2.75, 3.05) is 5.73 Å². The molecule has 92 valence electrons. The van der Waals surface area contributed by atoms with Gasteiger partial charge in [0.1, 0.15) is 17.7 Å². The van der Waals surface area contributed by atoms with Gasteiger partial charge in [0.2, 0.25) is 0 Å². The highest BCUT2D eigenvalue weighted by Crippen LogP contribution is 2.46. The summed E-state index contributed by atoms with van der Waals surface area (Å²) in [7, 11) is 0. The van der Waals surface area contributed by atoms with Gasteiger partial charge in [0, 0.05) is 28.2 Å². The first-order valence-corrected chi connectivity index (χ1v) is 7.14. The molecule has 3 nitrogen and oxygen atoms in total. The van der Waals surface area contributed by atoms with Crippen LogP contribution in [-0.4, -0.2) is 11.1 Å². The van der Waals surface area contributed by atoms with E-state index in [9.17, 15) is 0 Å². The minimum Gasteiger partial charge on any atom is -0.490 e. The molecule has 0 fully saturated rings. The van der Waals surface area contributed by atoms with Gasteiger partial charge in [-0.1, -0.05) is 0 Å². The Morgan fingerprint density at radius 3 is 3.17 bits per heavy atom. The van der Waals surface area contributed by atoms with Crippen LogP contribution < -0.4 is 10.5 Å². The first-order chi connectivity index (χ1) is 8.72. The van der Waals surface area contributed by atoms with Gasteiger partial charge in [-0.2, -0.15) is 0 Å². The number of thioether (sulfide) groups is 1. The predicted molar refractivity (Wildman–Crippen MR) is 74.0 cm³/mol. The molecule has 4 heteroatoms. The Labute approximate surface area is 110 Å². The highest BCUT2D eigenvalue weighted by atomic mass is 32.2. The van der Waals surface area contributed by atoms with Gasteiger partial charge in [0.05, 0.1) is 5.69 Å². The molecule has 0 bridgehead atoms. The normalized spacial score (nSPS) is 19.9. The zero-order valence-electron chi connectivity index (χ0n) is 10.1. The molecule has 2 aliphatic heterocycles. The van der Waals surface area contributed by atoms with Crippen molar-refractivity contribution in [2.24, 2.45) is 0 Å². The third-order valence-electron chi connectivity index (χ3n) is 3.65. The lowest BCUT2D eigenvalue weighted by Crippen LogP contribution is -2.05. The first-order valence-electron chi connectivity index (χ1n) is 6.15. The quantitative estimate of drug-likeness (QED) is 0.763. The number of aromatic amines is 1. The van der Waals surface area contributed by atoms with Crippen LogP contribution in [0.3, 0.4) is 0 Å². The van der Waals surface area contributed by atoms with Crippen LogP contribution in [0, 0.1) is 0 Å². The molecule has 0 spiro atoms. The lowest BCUT2D eigenvalue weighted by molar-refractivity contribution is 0.254. The SMILES string of the molecule is CC1Cc2c(ccc3c2CSc2cc(N)[nH]c2-3)O1. The maximum absolute atomic E-state index is 5.86. The fraction of sp³-hybridized carbons (Fsp3) is 0.286. The largest absolute Gasteiger partial charge is 0.490 e. The molecule has 1 unspecified atom stereocenters. The number of benzene rings is 1. The maximum atomic E-state index is 5.86. The van der Waals surface area contributed by atoms with E-state index in [4.69, 9.17) is 10.5 Å². The van der Waals surface area contributed by atoms with Crippen molar-refractivity contribution in [2.45, 2.75) is 30.1 Å². The van der Waals surface area contributed by atoms with Gasteiger partial charge in [-0.05, 0) is 30.7 Å². The monoisotopic (exact) mass is 258 g/mol. The van der Waals surface area contributed by atoms with Crippen LogP contribution in [0.1, 0.15) is 18.1 Å². The summed E-state index contributed by atoms with van der Waals surface area (Å²) < 4.78 is 5.82. The first kappa shape index (κ1) is 10.4. The Kier molecular flexibility index (Phi) is 2.01. The summed E-state index contributed by atoms with van der Waals surface area (Å²) >= 11 is 1.85. The average molecular weight is 258 g/mol. The molecule has 1 aromatic heterocycles. The summed E-state index contributed by atoms with van der Waals surface area (Å²) in [6.45, 7) is 2.13. The van der Waals surface area contributed by atoms with E-state index in [2.05, 4.69) is 24.0 Å². The Bertz CT molecular complexity index is 647. The molecule has 0 aliphatic carbocycles. The smallest absolute Gasteiger partial charge is 0.123 e. The number of nitrogens with one attached hydrogen (secondary N) is 1. The summed E-state index contributed by atoms with van der Waals surface area (Å²) in [5.74, 6) is 2.81. The lowest BCUT2D eigenvalue weighted by atomic mass is 9.97. The summed E-state index contributed by atoms with van der Waals surface area (Å²) in [5, 5.41) is 0. The molecule has 2 aromatic rings. The van der Waals surface area contributed by atoms with Crippen molar-refractivity contribution in [1.29, 1.82) is 0 Å². The number of aromatic nitrogens is 1. The van der Waals surface area contributed by atoms with Crippen molar-refractivity contribution in [1.82, 2.24) is 4.98 Å². The standard InChI is InChI=1S/C14H14N2OS/c1-7-4-9-10-6-18-12-5-13(15)16-14(12)8(10)2-3-11(9)17-7/h2-3,5,7,16H,4,6,15H2,1H3. The molecule has 0 saturated heterocycles. The minimum absolute atomic E-state index is 0.298. The Morgan fingerprint density at radius 1 is 1.39 bits per heavy atom. The molecule has 2 aliphatic rings. The van der Waals surface area contributed by atoms with Gasteiger partial charge in [0.15, 0.2) is 0 Å². The van der Waals surface area contributed by atoms with E-state index in [1.165, 1.54) is 27.3 Å². The lowest BCUT2D eigenvalue weighted by Gasteiger charge is -2.18. The molecule has 3 heterocycles. The third-order valence-corrected chi connectivity index (χ3v) is 4.72. The molecule has 4 rings (SSSR count). The second-order valence-electron chi connectivity index (χ2n) is 4.95. The second-order valence-corrected chi connectivity index (χ2v) is 5.97. The minimum atomic E-state index is 0.298. The molecule has 18 heavy (non-hydrogen) atoms. The van der Waals surface area contributed by atoms with E-state index in [1.54, 1.807) is 0 Å². The molecule has 0 amide bonds. The van der Waals surface area contributed by atoms with Gasteiger partial charge >= 0.3 is 0 Å². The summed E-state index contributed by atoms with van der Waals surface area (Å²) in [6, 6.07) is 6.27. The zero-order chi connectivity index (χ0) is 12.3. The molecular weight excluding hydrogens is 244 g/mol. The number of hydrogen-bond acceptors (Lipinski definition) is 3. The molecule has 1 atom stereocenters. The van der Waals surface area contributed by atoms with Crippen molar-refractivity contribution in [3.05, 3.63) is 29.3 Å². The fourth-order valence-electron chi connectivity index (χ4n) is 2.87. The van der Waals surface area contributed by atoms with E-state index in [0.717, 1.165) is 23.7 Å². The highest BCUT2D eigenvalue weighted by Gasteiger charge is 2.28. The third kappa shape index (κ3) is 1.32. The van der Waals surface area contributed by atoms with Gasteiger partial charge in [0.25, 0.3) is 0 Å². The van der Waals surface area contributed by atoms with Gasteiger partial charge < -0.3 is 15.5 Å². The highest BCUT2D eigenvalue weighted by molar-refractivity contribution is 7.98. The average Bonchev–Trinajstić information content (AvgIpc) is 2.89. The predicted octanol–water partition coefficient (Wildman–Crippen LogP) is 3.19. The van der Waals surface area contributed by atoms with Crippen LogP contribution in [-0.2, 0) is 12.2 Å². The maximum Gasteiger partial charge on any atom is 0.123 e. The second kappa shape index (κ2) is 3.48. The van der Waals surface area contributed by atoms with Crippen LogP contribution in [0.15, 0.2) is 23.1 Å². The van der Waals surface area contributed by atoms with Crippen molar-refractivity contribution in [3.8, 4) is 17.0 Å². The van der Waals surface area contributed by atoms with Crippen LogP contribution in [0.25, 0.3) is 11.3 Å². The van der Waals surface area contributed by atoms with E-state index in [1.807, 2.05) is 17.8 Å². The van der Waals surface area contributed by atoms with Crippen molar-refractivity contribution < 1.29 is 4.74 Å². The Balaban J connectivity index is 1.94. The van der Waals surface area contributed by atoms with Gasteiger partial charge in [-0.15, -0.1) is 11.8 Å². The van der Waals surface area contributed by atoms with Gasteiger partial charge in [-0.25, -0.2) is 0 Å². The van der Waals surface area contributed by atoms with Gasteiger partial charge in [-0.3, -0.25) is 0 Å². The molecular formula is C14H14N2OS. The zero-order valence-corrected chi connectivity index (χ0v) is 10.9. The van der Waals surface area contributed by atoms with Crippen molar-refractivity contribution in [3.63, 3.8) is 0 Å². The molecule has 0 saturated carbocycles. The number of nitrogen functional groups attached to an aromatic ring is 1. The number of anilines is 1. The summed E-state index contributed by atoms with van der Waals surface area (Å²) in [5.41, 5.74) is 11.1. The number of H-pyrrole nitrogens is 1.